The summed E-state index contributed by atoms with van der Waals surface area (Å²) in [5.41, 5.74) is 4.17. The molecule has 1 saturated carbocycles. The maximum Gasteiger partial charge on any atom is 0.235 e. The van der Waals surface area contributed by atoms with Gasteiger partial charge in [-0.1, -0.05) is 88.7 Å². The van der Waals surface area contributed by atoms with E-state index >= 15 is 0 Å². The molecule has 2 unspecified atom stereocenters. The molecule has 1 aromatic heterocycles. The van der Waals surface area contributed by atoms with E-state index in [1.807, 2.05) is 48.5 Å². The molecule has 35 heavy (non-hydrogen) atoms. The highest BCUT2D eigenvalue weighted by atomic mass is 16.2. The zero-order valence-electron chi connectivity index (χ0n) is 21.3. The van der Waals surface area contributed by atoms with Gasteiger partial charge in [-0.2, -0.15) is 0 Å². The number of amides is 1. The first-order chi connectivity index (χ1) is 16.8. The number of carbonyl (C=O) groups excluding carboxylic acids is 2. The van der Waals surface area contributed by atoms with Gasteiger partial charge in [0.15, 0.2) is 5.78 Å². The topological polar surface area (TPSA) is 59.1 Å². The lowest BCUT2D eigenvalue weighted by molar-refractivity contribution is -0.137. The Balaban J connectivity index is 1.70. The summed E-state index contributed by atoms with van der Waals surface area (Å²) in [6, 6.07) is 22.0. The molecule has 0 saturated heterocycles. The second-order valence-corrected chi connectivity index (χ2v) is 10.4. The molecule has 2 aromatic carbocycles. The summed E-state index contributed by atoms with van der Waals surface area (Å²) < 4.78 is 0. The van der Waals surface area contributed by atoms with Gasteiger partial charge in [-0.3, -0.25) is 14.6 Å². The lowest BCUT2D eigenvalue weighted by Gasteiger charge is -2.39. The van der Waals surface area contributed by atoms with Gasteiger partial charge in [0.25, 0.3) is 0 Å². The van der Waals surface area contributed by atoms with Crippen molar-refractivity contribution in [1.82, 2.24) is 4.98 Å². The summed E-state index contributed by atoms with van der Waals surface area (Å²) in [7, 11) is 0. The Labute approximate surface area is 209 Å². The molecule has 1 amide bonds. The van der Waals surface area contributed by atoms with Crippen molar-refractivity contribution in [2.75, 3.05) is 5.32 Å². The van der Waals surface area contributed by atoms with Crippen LogP contribution in [0.1, 0.15) is 81.2 Å². The molecular formula is C31H36N2O2. The highest BCUT2D eigenvalue weighted by Gasteiger charge is 2.48. The molecule has 1 N–H and O–H groups in total. The van der Waals surface area contributed by atoms with Crippen molar-refractivity contribution in [1.29, 1.82) is 0 Å². The van der Waals surface area contributed by atoms with Crippen LogP contribution in [-0.4, -0.2) is 16.7 Å². The number of benzene rings is 2. The first-order valence-corrected chi connectivity index (χ1v) is 12.8. The smallest absolute Gasteiger partial charge is 0.235 e. The third-order valence-electron chi connectivity index (χ3n) is 7.36. The Morgan fingerprint density at radius 2 is 1.60 bits per heavy atom. The molecule has 1 aliphatic rings. The van der Waals surface area contributed by atoms with E-state index in [2.05, 4.69) is 56.2 Å². The predicted molar refractivity (Wildman–Crippen MR) is 142 cm³/mol. The average Bonchev–Trinajstić information content (AvgIpc) is 2.86. The fourth-order valence-corrected chi connectivity index (χ4v) is 5.48. The Morgan fingerprint density at radius 3 is 2.20 bits per heavy atom. The van der Waals surface area contributed by atoms with Gasteiger partial charge in [-0.25, -0.2) is 0 Å². The van der Waals surface area contributed by atoms with Crippen LogP contribution in [0.5, 0.6) is 0 Å². The largest absolute Gasteiger partial charge is 0.325 e. The normalized spacial score (nSPS) is 20.3. The minimum absolute atomic E-state index is 0.00577. The van der Waals surface area contributed by atoms with Gasteiger partial charge in [-0.15, -0.1) is 0 Å². The number of carbonyl (C=O) groups is 2. The molecule has 0 bridgehead atoms. The molecule has 4 rings (SSSR count). The van der Waals surface area contributed by atoms with Crippen LogP contribution < -0.4 is 5.32 Å². The summed E-state index contributed by atoms with van der Waals surface area (Å²) in [4.78, 5) is 32.5. The van der Waals surface area contributed by atoms with Gasteiger partial charge in [0.05, 0.1) is 11.3 Å². The van der Waals surface area contributed by atoms with E-state index in [1.165, 1.54) is 0 Å². The number of Topliss-reactive ketones (excluding diaryl/α,β-unsaturated/α-hetero) is 1. The minimum Gasteiger partial charge on any atom is -0.325 e. The SMILES string of the molecule is CC(C)c1cccc(C(C)C)c1NC(=O)C1CCCC(Cc2ccccn2)(c2ccccc2)C1=O. The van der Waals surface area contributed by atoms with Gasteiger partial charge in [0, 0.05) is 24.0 Å². The van der Waals surface area contributed by atoms with Crippen molar-refractivity contribution >= 4 is 17.4 Å². The molecule has 0 spiro atoms. The van der Waals surface area contributed by atoms with Crippen molar-refractivity contribution in [2.45, 2.75) is 70.6 Å². The van der Waals surface area contributed by atoms with E-state index in [4.69, 9.17) is 0 Å². The first kappa shape index (κ1) is 24.8. The number of nitrogens with zero attached hydrogens (tertiary/aromatic N) is 1. The van der Waals surface area contributed by atoms with Crippen molar-refractivity contribution in [3.63, 3.8) is 0 Å². The van der Waals surface area contributed by atoms with Gasteiger partial charge in [0.1, 0.15) is 0 Å². The zero-order chi connectivity index (χ0) is 25.0. The summed E-state index contributed by atoms with van der Waals surface area (Å²) in [5.74, 6) is -0.345. The fourth-order valence-electron chi connectivity index (χ4n) is 5.48. The van der Waals surface area contributed by atoms with E-state index in [0.717, 1.165) is 40.9 Å². The number of hydrogen-bond acceptors (Lipinski definition) is 3. The molecule has 0 aliphatic heterocycles. The monoisotopic (exact) mass is 468 g/mol. The maximum absolute atomic E-state index is 14.2. The number of pyridine rings is 1. The van der Waals surface area contributed by atoms with Crippen molar-refractivity contribution in [3.8, 4) is 0 Å². The second kappa shape index (κ2) is 10.6. The average molecular weight is 469 g/mol. The Morgan fingerprint density at radius 1 is 0.943 bits per heavy atom. The number of nitrogens with one attached hydrogen (secondary N) is 1. The van der Waals surface area contributed by atoms with Gasteiger partial charge in [0.2, 0.25) is 5.91 Å². The summed E-state index contributed by atoms with van der Waals surface area (Å²) in [6.07, 6.45) is 4.37. The molecule has 1 fully saturated rings. The molecule has 3 aromatic rings. The van der Waals surface area contributed by atoms with Crippen molar-refractivity contribution in [2.24, 2.45) is 5.92 Å². The zero-order valence-corrected chi connectivity index (χ0v) is 21.3. The van der Waals surface area contributed by atoms with Crippen LogP contribution >= 0.6 is 0 Å². The van der Waals surface area contributed by atoms with Crippen LogP contribution in [0.15, 0.2) is 72.9 Å². The third kappa shape index (κ3) is 5.07. The second-order valence-electron chi connectivity index (χ2n) is 10.4. The molecule has 1 aliphatic carbocycles. The van der Waals surface area contributed by atoms with E-state index in [-0.39, 0.29) is 23.5 Å². The van der Waals surface area contributed by atoms with Gasteiger partial charge < -0.3 is 5.32 Å². The van der Waals surface area contributed by atoms with Gasteiger partial charge >= 0.3 is 0 Å². The summed E-state index contributed by atoms with van der Waals surface area (Å²) >= 11 is 0. The van der Waals surface area contributed by atoms with E-state index < -0.39 is 11.3 Å². The Kier molecular flexibility index (Phi) is 7.49. The molecule has 4 nitrogen and oxygen atoms in total. The highest BCUT2D eigenvalue weighted by Crippen LogP contribution is 2.42. The standard InChI is InChI=1S/C31H36N2O2/c1-21(2)25-15-10-16-26(22(3)4)28(25)33-30(35)27-17-11-18-31(29(27)34,23-12-6-5-7-13-23)20-24-14-8-9-19-32-24/h5-10,12-16,19,21-22,27H,11,17-18,20H2,1-4H3,(H,33,35). The minimum atomic E-state index is -0.756. The number of ketones is 1. The van der Waals surface area contributed by atoms with E-state index in [0.29, 0.717) is 12.8 Å². The van der Waals surface area contributed by atoms with Crippen molar-refractivity contribution in [3.05, 3.63) is 95.3 Å². The Hall–Kier alpha value is -3.27. The lowest BCUT2D eigenvalue weighted by Crippen LogP contribution is -2.49. The fraction of sp³-hybridized carbons (Fsp3) is 0.387. The molecule has 4 heteroatoms. The van der Waals surface area contributed by atoms with Crippen LogP contribution in [0, 0.1) is 5.92 Å². The predicted octanol–water partition coefficient (Wildman–Crippen LogP) is 6.82. The van der Waals surface area contributed by atoms with E-state index in [1.54, 1.807) is 6.20 Å². The first-order valence-electron chi connectivity index (χ1n) is 12.8. The summed E-state index contributed by atoms with van der Waals surface area (Å²) in [5, 5.41) is 3.22. The third-order valence-corrected chi connectivity index (χ3v) is 7.36. The lowest BCUT2D eigenvalue weighted by atomic mass is 9.62. The molecular weight excluding hydrogens is 432 g/mol. The van der Waals surface area contributed by atoms with Crippen LogP contribution in [-0.2, 0) is 21.4 Å². The molecule has 182 valence electrons. The number of anilines is 1. The van der Waals surface area contributed by atoms with Crippen LogP contribution in [0.4, 0.5) is 5.69 Å². The van der Waals surface area contributed by atoms with E-state index in [9.17, 15) is 9.59 Å². The molecule has 1 heterocycles. The number of para-hydroxylation sites is 1. The highest BCUT2D eigenvalue weighted by molar-refractivity contribution is 6.11. The maximum atomic E-state index is 14.2. The van der Waals surface area contributed by atoms with Crippen LogP contribution in [0.25, 0.3) is 0 Å². The van der Waals surface area contributed by atoms with Crippen LogP contribution in [0.3, 0.4) is 0 Å². The molecule has 0 radical (unpaired) electrons. The number of hydrogen-bond donors (Lipinski definition) is 1. The molecule has 2 atom stereocenters. The quantitative estimate of drug-likeness (QED) is 0.387. The number of aromatic nitrogens is 1. The summed E-state index contributed by atoms with van der Waals surface area (Å²) in [6.45, 7) is 8.53. The van der Waals surface area contributed by atoms with Gasteiger partial charge in [-0.05, 0) is 53.5 Å². The number of rotatable bonds is 7. The van der Waals surface area contributed by atoms with Crippen molar-refractivity contribution < 1.29 is 9.59 Å². The van der Waals surface area contributed by atoms with Crippen LogP contribution in [0.2, 0.25) is 0 Å². The Bertz CT molecular complexity index is 1140.